The second-order valence-corrected chi connectivity index (χ2v) is 10.2. The summed E-state index contributed by atoms with van der Waals surface area (Å²) in [7, 11) is 0. The van der Waals surface area contributed by atoms with Crippen LogP contribution < -0.4 is 0 Å². The summed E-state index contributed by atoms with van der Waals surface area (Å²) in [4.78, 5) is 27.8. The van der Waals surface area contributed by atoms with Crippen LogP contribution in [0.3, 0.4) is 0 Å². The van der Waals surface area contributed by atoms with Gasteiger partial charge in [0.1, 0.15) is 11.6 Å². The van der Waals surface area contributed by atoms with E-state index in [1.54, 1.807) is 0 Å². The first-order chi connectivity index (χ1) is 18.1. The number of carbonyl (C=O) groups excluding carboxylic acids is 2. The van der Waals surface area contributed by atoms with Crippen molar-refractivity contribution in [1.82, 2.24) is 0 Å². The van der Waals surface area contributed by atoms with E-state index in [9.17, 15) is 9.59 Å². The fourth-order valence-electron chi connectivity index (χ4n) is 5.54. The van der Waals surface area contributed by atoms with Crippen LogP contribution in [0.2, 0.25) is 0 Å². The molecule has 3 aromatic carbocycles. The van der Waals surface area contributed by atoms with Crippen molar-refractivity contribution in [2.24, 2.45) is 11.8 Å². The molecule has 2 nitrogen and oxygen atoms in total. The minimum absolute atomic E-state index is 0.0702. The first-order valence-corrected chi connectivity index (χ1v) is 13.7. The van der Waals surface area contributed by atoms with Crippen molar-refractivity contribution in [2.75, 3.05) is 0 Å². The Balaban J connectivity index is 1.51. The van der Waals surface area contributed by atoms with Gasteiger partial charge in [-0.15, -0.1) is 0 Å². The Kier molecular flexibility index (Phi) is 9.43. The normalized spacial score (nSPS) is 15.6. The van der Waals surface area contributed by atoms with E-state index in [-0.39, 0.29) is 35.2 Å². The van der Waals surface area contributed by atoms with Gasteiger partial charge in [0.15, 0.2) is 0 Å². The molecule has 1 aliphatic rings. The van der Waals surface area contributed by atoms with Gasteiger partial charge < -0.3 is 0 Å². The van der Waals surface area contributed by atoms with Crippen molar-refractivity contribution >= 4 is 11.6 Å². The maximum Gasteiger partial charge on any atom is 0.147 e. The third kappa shape index (κ3) is 6.63. The fourth-order valence-corrected chi connectivity index (χ4v) is 5.54. The van der Waals surface area contributed by atoms with Gasteiger partial charge in [-0.25, -0.2) is 0 Å². The third-order valence-corrected chi connectivity index (χ3v) is 7.71. The van der Waals surface area contributed by atoms with Crippen molar-refractivity contribution in [1.29, 1.82) is 0 Å². The van der Waals surface area contributed by atoms with Crippen LogP contribution in [0, 0.1) is 11.8 Å². The minimum Gasteiger partial charge on any atom is -0.298 e. The van der Waals surface area contributed by atoms with Crippen molar-refractivity contribution in [3.8, 4) is 0 Å². The average Bonchev–Trinajstić information content (AvgIpc) is 2.96. The summed E-state index contributed by atoms with van der Waals surface area (Å²) < 4.78 is 0. The van der Waals surface area contributed by atoms with Gasteiger partial charge >= 0.3 is 0 Å². The monoisotopic (exact) mass is 490 g/mol. The lowest BCUT2D eigenvalue weighted by Gasteiger charge is -2.27. The molecule has 0 radical (unpaired) electrons. The largest absolute Gasteiger partial charge is 0.298 e. The molecule has 0 bridgehead atoms. The molecule has 0 saturated heterocycles. The Morgan fingerprint density at radius 2 is 1.22 bits per heavy atom. The van der Waals surface area contributed by atoms with E-state index in [0.717, 1.165) is 42.4 Å². The number of hydrogen-bond donors (Lipinski definition) is 0. The highest BCUT2D eigenvalue weighted by Gasteiger charge is 2.32. The summed E-state index contributed by atoms with van der Waals surface area (Å²) in [6.07, 6.45) is 10.5. The summed E-state index contributed by atoms with van der Waals surface area (Å²) >= 11 is 0. The molecule has 2 heteroatoms. The Hall–Kier alpha value is -3.52. The van der Waals surface area contributed by atoms with E-state index in [1.807, 2.05) is 85.8 Å². The van der Waals surface area contributed by atoms with Gasteiger partial charge in [-0.3, -0.25) is 9.59 Å². The van der Waals surface area contributed by atoms with Crippen molar-refractivity contribution in [3.63, 3.8) is 0 Å². The average molecular weight is 491 g/mol. The minimum atomic E-state index is -0.288. The van der Waals surface area contributed by atoms with Gasteiger partial charge in [0.05, 0.1) is 11.8 Å². The highest BCUT2D eigenvalue weighted by molar-refractivity contribution is 5.92. The third-order valence-electron chi connectivity index (χ3n) is 7.71. The standard InChI is InChI=1S/C35H38O2/c1-3-27(35(37)33(30-20-12-6-13-21-30)31-22-14-7-15-23-31)25-24-26(2)34(36)32(28-16-8-4-9-17-28)29-18-10-5-11-19-29/h4-14,16-22,26-27,32-33H,3,15,23-25H2,1-2H3. The smallest absolute Gasteiger partial charge is 0.147 e. The quantitative estimate of drug-likeness (QED) is 0.255. The molecule has 0 heterocycles. The molecule has 37 heavy (non-hydrogen) atoms. The predicted molar refractivity (Wildman–Crippen MR) is 153 cm³/mol. The van der Waals surface area contributed by atoms with E-state index in [2.05, 4.69) is 37.3 Å². The summed E-state index contributed by atoms with van der Waals surface area (Å²) in [5, 5.41) is 0. The predicted octanol–water partition coefficient (Wildman–Crippen LogP) is 8.46. The van der Waals surface area contributed by atoms with Gasteiger partial charge in [-0.05, 0) is 48.8 Å². The summed E-state index contributed by atoms with van der Waals surface area (Å²) in [6, 6.07) is 30.3. The number of rotatable bonds is 12. The molecule has 0 N–H and O–H groups in total. The molecule has 1 aliphatic carbocycles. The van der Waals surface area contributed by atoms with E-state index < -0.39 is 0 Å². The number of carbonyl (C=O) groups is 2. The Morgan fingerprint density at radius 3 is 1.68 bits per heavy atom. The molecule has 0 fully saturated rings. The maximum atomic E-state index is 14.0. The zero-order valence-electron chi connectivity index (χ0n) is 22.1. The lowest BCUT2D eigenvalue weighted by atomic mass is 9.76. The zero-order chi connectivity index (χ0) is 26.0. The van der Waals surface area contributed by atoms with Crippen LogP contribution in [0.15, 0.2) is 115 Å². The number of benzene rings is 3. The van der Waals surface area contributed by atoms with Crippen molar-refractivity contribution in [2.45, 2.75) is 57.8 Å². The number of ketones is 2. The van der Waals surface area contributed by atoms with Gasteiger partial charge in [-0.2, -0.15) is 0 Å². The molecule has 3 atom stereocenters. The fraction of sp³-hybridized carbons (Fsp3) is 0.314. The first-order valence-electron chi connectivity index (χ1n) is 13.7. The highest BCUT2D eigenvalue weighted by Crippen LogP contribution is 2.36. The molecule has 0 aliphatic heterocycles. The summed E-state index contributed by atoms with van der Waals surface area (Å²) in [6.45, 7) is 4.13. The molecule has 0 amide bonds. The SMILES string of the molecule is CCC(CCC(C)C(=O)C(c1ccccc1)c1ccccc1)C(=O)C(C1=CC=CCC1)c1ccccc1. The molecule has 190 valence electrons. The first kappa shape index (κ1) is 26.5. The second-order valence-electron chi connectivity index (χ2n) is 10.2. The van der Waals surface area contributed by atoms with Crippen molar-refractivity contribution < 1.29 is 9.59 Å². The molecular weight excluding hydrogens is 452 g/mol. The molecule has 0 aromatic heterocycles. The Labute approximate surface area is 222 Å². The zero-order valence-corrected chi connectivity index (χ0v) is 22.1. The molecular formula is C35H38O2. The maximum absolute atomic E-state index is 14.0. The van der Waals surface area contributed by atoms with E-state index in [4.69, 9.17) is 0 Å². The van der Waals surface area contributed by atoms with Crippen LogP contribution >= 0.6 is 0 Å². The van der Waals surface area contributed by atoms with Gasteiger partial charge in [0.2, 0.25) is 0 Å². The number of allylic oxidation sites excluding steroid dienone is 4. The molecule has 3 unspecified atom stereocenters. The summed E-state index contributed by atoms with van der Waals surface area (Å²) in [5.41, 5.74) is 4.32. The number of Topliss-reactive ketones (excluding diaryl/α,β-unsaturated/α-hetero) is 2. The topological polar surface area (TPSA) is 34.1 Å². The number of hydrogen-bond acceptors (Lipinski definition) is 2. The second kappa shape index (κ2) is 13.1. The lowest BCUT2D eigenvalue weighted by molar-refractivity contribution is -0.126. The van der Waals surface area contributed by atoms with E-state index >= 15 is 0 Å². The van der Waals surface area contributed by atoms with Gasteiger partial charge in [-0.1, -0.05) is 129 Å². The van der Waals surface area contributed by atoms with Crippen LogP contribution in [0.5, 0.6) is 0 Å². The molecule has 0 saturated carbocycles. The molecule has 0 spiro atoms. The van der Waals surface area contributed by atoms with E-state index in [1.165, 1.54) is 5.57 Å². The van der Waals surface area contributed by atoms with Crippen LogP contribution in [0.25, 0.3) is 0 Å². The lowest BCUT2D eigenvalue weighted by Crippen LogP contribution is -2.26. The van der Waals surface area contributed by atoms with Crippen LogP contribution in [-0.4, -0.2) is 11.6 Å². The van der Waals surface area contributed by atoms with Crippen LogP contribution in [-0.2, 0) is 9.59 Å². The Bertz CT molecular complexity index is 1170. The van der Waals surface area contributed by atoms with Gasteiger partial charge in [0.25, 0.3) is 0 Å². The highest BCUT2D eigenvalue weighted by atomic mass is 16.1. The Morgan fingerprint density at radius 1 is 0.703 bits per heavy atom. The van der Waals surface area contributed by atoms with E-state index in [0.29, 0.717) is 6.42 Å². The van der Waals surface area contributed by atoms with Crippen LogP contribution in [0.1, 0.15) is 74.5 Å². The molecule has 4 rings (SSSR count). The van der Waals surface area contributed by atoms with Crippen molar-refractivity contribution in [3.05, 3.63) is 131 Å². The molecule has 3 aromatic rings. The summed E-state index contributed by atoms with van der Waals surface area (Å²) in [5.74, 6) is -0.191. The van der Waals surface area contributed by atoms with Gasteiger partial charge in [0, 0.05) is 11.8 Å². The van der Waals surface area contributed by atoms with Crippen LogP contribution in [0.4, 0.5) is 0 Å².